The van der Waals surface area contributed by atoms with Crippen LogP contribution in [0.2, 0.25) is 5.02 Å². The summed E-state index contributed by atoms with van der Waals surface area (Å²) in [6.45, 7) is 0.515. The first kappa shape index (κ1) is 15.2. The standard InChI is InChI=1S/C17H13ClN6O2/c18-10-2-1-4-24-13(10)6-12(22-24)16-15-11(20-8-21-15)3-5-23(16)17(25)14-7-19-9-26-14/h1-2,4,6-9,16H,3,5H2,(H,20,21)/t16-/m0/s1. The SMILES string of the molecule is O=C(c1cnco1)N1CCc2[nH]cnc2[C@@H]1c1cc2c(Cl)cccn2n1. The summed E-state index contributed by atoms with van der Waals surface area (Å²) in [6, 6.07) is 5.08. The summed E-state index contributed by atoms with van der Waals surface area (Å²) in [5.74, 6) is -0.0555. The zero-order chi connectivity index (χ0) is 17.7. The third-order valence-corrected chi connectivity index (χ3v) is 4.90. The first-order chi connectivity index (χ1) is 12.7. The highest BCUT2D eigenvalue weighted by Gasteiger charge is 2.37. The Balaban J connectivity index is 1.66. The van der Waals surface area contributed by atoms with Crippen molar-refractivity contribution in [2.75, 3.05) is 6.54 Å². The van der Waals surface area contributed by atoms with Gasteiger partial charge >= 0.3 is 0 Å². The summed E-state index contributed by atoms with van der Waals surface area (Å²) in [4.78, 5) is 26.1. The van der Waals surface area contributed by atoms with Crippen LogP contribution in [-0.4, -0.2) is 41.9 Å². The molecule has 5 rings (SSSR count). The Morgan fingerprint density at radius 3 is 3.15 bits per heavy atom. The summed E-state index contributed by atoms with van der Waals surface area (Å²) < 4.78 is 6.91. The monoisotopic (exact) mass is 368 g/mol. The van der Waals surface area contributed by atoms with Crippen molar-refractivity contribution in [2.45, 2.75) is 12.5 Å². The molecule has 0 unspecified atom stereocenters. The highest BCUT2D eigenvalue weighted by atomic mass is 35.5. The van der Waals surface area contributed by atoms with E-state index < -0.39 is 6.04 Å². The van der Waals surface area contributed by atoms with Gasteiger partial charge in [-0.05, 0) is 18.2 Å². The van der Waals surface area contributed by atoms with Crippen LogP contribution in [0, 0.1) is 0 Å². The second-order valence-electron chi connectivity index (χ2n) is 6.04. The Kier molecular flexibility index (Phi) is 3.32. The maximum Gasteiger partial charge on any atom is 0.292 e. The quantitative estimate of drug-likeness (QED) is 0.586. The van der Waals surface area contributed by atoms with Gasteiger partial charge in [-0.3, -0.25) is 4.79 Å². The molecule has 8 nitrogen and oxygen atoms in total. The first-order valence-electron chi connectivity index (χ1n) is 8.08. The van der Waals surface area contributed by atoms with Crippen LogP contribution < -0.4 is 0 Å². The number of aromatic nitrogens is 5. The van der Waals surface area contributed by atoms with Crippen molar-refractivity contribution in [3.05, 3.63) is 71.2 Å². The number of nitrogens with zero attached hydrogens (tertiary/aromatic N) is 5. The molecule has 0 radical (unpaired) electrons. The Hall–Kier alpha value is -3.13. The minimum Gasteiger partial charge on any atom is -0.438 e. The molecule has 0 spiro atoms. The maximum absolute atomic E-state index is 13.0. The zero-order valence-electron chi connectivity index (χ0n) is 13.5. The van der Waals surface area contributed by atoms with E-state index in [0.29, 0.717) is 23.7 Å². The number of hydrogen-bond donors (Lipinski definition) is 1. The highest BCUT2D eigenvalue weighted by Crippen LogP contribution is 2.34. The lowest BCUT2D eigenvalue weighted by Gasteiger charge is -2.33. The summed E-state index contributed by atoms with van der Waals surface area (Å²) in [5, 5.41) is 5.22. The minimum atomic E-state index is -0.432. The predicted molar refractivity (Wildman–Crippen MR) is 91.9 cm³/mol. The van der Waals surface area contributed by atoms with E-state index in [-0.39, 0.29) is 11.7 Å². The van der Waals surface area contributed by atoms with Gasteiger partial charge in [-0.15, -0.1) is 0 Å². The number of pyridine rings is 1. The summed E-state index contributed by atoms with van der Waals surface area (Å²) in [5.41, 5.74) is 3.25. The predicted octanol–water partition coefficient (Wildman–Crippen LogP) is 2.49. The van der Waals surface area contributed by atoms with E-state index in [9.17, 15) is 4.79 Å². The van der Waals surface area contributed by atoms with Crippen molar-refractivity contribution in [1.29, 1.82) is 0 Å². The van der Waals surface area contributed by atoms with Gasteiger partial charge in [0, 0.05) is 24.9 Å². The number of aromatic amines is 1. The third kappa shape index (κ3) is 2.22. The molecule has 0 bridgehead atoms. The van der Waals surface area contributed by atoms with Gasteiger partial charge in [0.2, 0.25) is 5.76 Å². The van der Waals surface area contributed by atoms with Crippen molar-refractivity contribution in [3.63, 3.8) is 0 Å². The minimum absolute atomic E-state index is 0.191. The molecule has 1 aliphatic rings. The van der Waals surface area contributed by atoms with Crippen LogP contribution >= 0.6 is 11.6 Å². The molecular formula is C17H13ClN6O2. The van der Waals surface area contributed by atoms with E-state index in [1.165, 1.54) is 12.6 Å². The average molecular weight is 369 g/mol. The normalized spacial score (nSPS) is 16.8. The number of fused-ring (bicyclic) bond motifs is 2. The zero-order valence-corrected chi connectivity index (χ0v) is 14.2. The van der Waals surface area contributed by atoms with Crippen molar-refractivity contribution < 1.29 is 9.21 Å². The van der Waals surface area contributed by atoms with E-state index in [0.717, 1.165) is 16.9 Å². The topological polar surface area (TPSA) is 92.3 Å². The van der Waals surface area contributed by atoms with Crippen LogP contribution in [0.3, 0.4) is 0 Å². The molecule has 0 saturated heterocycles. The number of carbonyl (C=O) groups excluding carboxylic acids is 1. The number of H-pyrrole nitrogens is 1. The molecule has 0 fully saturated rings. The molecule has 4 aromatic rings. The molecule has 1 N–H and O–H groups in total. The molecule has 4 aromatic heterocycles. The molecule has 0 saturated carbocycles. The second kappa shape index (κ2) is 5.70. The lowest BCUT2D eigenvalue weighted by molar-refractivity contribution is 0.0654. The fourth-order valence-corrected chi connectivity index (χ4v) is 3.61. The lowest BCUT2D eigenvalue weighted by atomic mass is 9.99. The fourth-order valence-electron chi connectivity index (χ4n) is 3.39. The van der Waals surface area contributed by atoms with Crippen LogP contribution in [-0.2, 0) is 6.42 Å². The Bertz CT molecular complexity index is 1100. The lowest BCUT2D eigenvalue weighted by Crippen LogP contribution is -2.40. The Morgan fingerprint density at radius 1 is 1.42 bits per heavy atom. The number of nitrogens with one attached hydrogen (secondary N) is 1. The summed E-state index contributed by atoms with van der Waals surface area (Å²) in [6.07, 6.45) is 6.81. The van der Waals surface area contributed by atoms with Gasteiger partial charge in [-0.25, -0.2) is 14.5 Å². The number of carbonyl (C=O) groups is 1. The number of amides is 1. The number of hydrogen-bond acceptors (Lipinski definition) is 5. The summed E-state index contributed by atoms with van der Waals surface area (Å²) in [7, 11) is 0. The van der Waals surface area contributed by atoms with Crippen LogP contribution in [0.1, 0.15) is 33.7 Å². The number of imidazole rings is 1. The maximum atomic E-state index is 13.0. The van der Waals surface area contributed by atoms with Crippen LogP contribution in [0.5, 0.6) is 0 Å². The first-order valence-corrected chi connectivity index (χ1v) is 8.45. The average Bonchev–Trinajstić information content (AvgIpc) is 3.39. The fraction of sp³-hybridized carbons (Fsp3) is 0.176. The van der Waals surface area contributed by atoms with Gasteiger partial charge in [-0.2, -0.15) is 5.10 Å². The van der Waals surface area contributed by atoms with Crippen molar-refractivity contribution in [2.24, 2.45) is 0 Å². The second-order valence-corrected chi connectivity index (χ2v) is 6.45. The largest absolute Gasteiger partial charge is 0.438 e. The molecule has 1 amide bonds. The number of oxazole rings is 1. The number of halogens is 1. The molecule has 5 heterocycles. The van der Waals surface area contributed by atoms with Crippen LogP contribution in [0.15, 0.2) is 47.7 Å². The van der Waals surface area contributed by atoms with Gasteiger partial charge in [0.25, 0.3) is 5.91 Å². The highest BCUT2D eigenvalue weighted by molar-refractivity contribution is 6.33. The van der Waals surface area contributed by atoms with E-state index in [2.05, 4.69) is 20.1 Å². The smallest absolute Gasteiger partial charge is 0.292 e. The van der Waals surface area contributed by atoms with E-state index in [1.807, 2.05) is 18.3 Å². The van der Waals surface area contributed by atoms with Gasteiger partial charge in [0.05, 0.1) is 34.5 Å². The third-order valence-electron chi connectivity index (χ3n) is 4.58. The molecule has 26 heavy (non-hydrogen) atoms. The Labute approximate surface area is 152 Å². The molecule has 1 atom stereocenters. The van der Waals surface area contributed by atoms with Gasteiger partial charge in [-0.1, -0.05) is 11.6 Å². The Morgan fingerprint density at radius 2 is 2.35 bits per heavy atom. The van der Waals surface area contributed by atoms with E-state index >= 15 is 0 Å². The molecule has 0 aromatic carbocycles. The van der Waals surface area contributed by atoms with Gasteiger partial charge in [0.1, 0.15) is 6.04 Å². The van der Waals surface area contributed by atoms with Crippen LogP contribution in [0.25, 0.3) is 5.52 Å². The van der Waals surface area contributed by atoms with E-state index in [1.54, 1.807) is 21.8 Å². The van der Waals surface area contributed by atoms with Gasteiger partial charge in [0.15, 0.2) is 6.39 Å². The molecular weight excluding hydrogens is 356 g/mol. The van der Waals surface area contributed by atoms with Crippen molar-refractivity contribution in [1.82, 2.24) is 29.5 Å². The van der Waals surface area contributed by atoms with Gasteiger partial charge < -0.3 is 14.3 Å². The molecule has 130 valence electrons. The van der Waals surface area contributed by atoms with E-state index in [4.69, 9.17) is 16.0 Å². The van der Waals surface area contributed by atoms with Crippen molar-refractivity contribution in [3.8, 4) is 0 Å². The molecule has 9 heteroatoms. The molecule has 1 aliphatic heterocycles. The van der Waals surface area contributed by atoms with Crippen LogP contribution in [0.4, 0.5) is 0 Å². The molecule has 0 aliphatic carbocycles. The number of rotatable bonds is 2. The van der Waals surface area contributed by atoms with Crippen molar-refractivity contribution >= 4 is 23.0 Å². The summed E-state index contributed by atoms with van der Waals surface area (Å²) >= 11 is 6.28.